The van der Waals surface area contributed by atoms with E-state index in [1.807, 2.05) is 41.0 Å². The number of rotatable bonds is 10. The van der Waals surface area contributed by atoms with Gasteiger partial charge in [0.1, 0.15) is 0 Å². The minimum Gasteiger partial charge on any atom is -0.506 e. The van der Waals surface area contributed by atoms with Crippen molar-refractivity contribution in [3.8, 4) is 0 Å². The summed E-state index contributed by atoms with van der Waals surface area (Å²) in [6.07, 6.45) is 8.02. The van der Waals surface area contributed by atoms with E-state index < -0.39 is 0 Å². The smallest absolute Gasteiger partial charge is 0.506 e. The van der Waals surface area contributed by atoms with Crippen LogP contribution in [-0.2, 0) is 22.4 Å². The number of fused-ring (bicyclic) bond motifs is 1. The van der Waals surface area contributed by atoms with Crippen LogP contribution in [0.3, 0.4) is 0 Å². The Balaban J connectivity index is 0.000000305. The van der Waals surface area contributed by atoms with E-state index in [1.54, 1.807) is 12.1 Å². The van der Waals surface area contributed by atoms with Crippen LogP contribution in [0.15, 0.2) is 52.6 Å². The molecule has 0 saturated carbocycles. The minimum absolute atomic E-state index is 0. The molecule has 8 nitrogen and oxygen atoms in total. The zero-order valence-electron chi connectivity index (χ0n) is 19.8. The molecule has 0 bridgehead atoms. The zero-order valence-corrected chi connectivity index (χ0v) is 26.3. The van der Waals surface area contributed by atoms with Gasteiger partial charge in [-0.25, -0.2) is 0 Å². The molecule has 4 rings (SSSR count). The van der Waals surface area contributed by atoms with Crippen LogP contribution in [0.1, 0.15) is 26.7 Å². The van der Waals surface area contributed by atoms with E-state index in [4.69, 9.17) is 10.2 Å². The molecule has 2 heterocycles. The fourth-order valence-electron chi connectivity index (χ4n) is 3.42. The van der Waals surface area contributed by atoms with Crippen molar-refractivity contribution >= 4 is 10.8 Å². The van der Waals surface area contributed by atoms with Gasteiger partial charge in [-0.15, -0.1) is 0 Å². The van der Waals surface area contributed by atoms with Gasteiger partial charge in [0.25, 0.3) is 0 Å². The topological polar surface area (TPSA) is 90.9 Å². The Bertz CT molecular complexity index is 1180. The van der Waals surface area contributed by atoms with Gasteiger partial charge < -0.3 is 20.0 Å². The number of aromatic nitrogens is 2. The van der Waals surface area contributed by atoms with Gasteiger partial charge in [-0.2, -0.15) is 6.67 Å². The quantitative estimate of drug-likeness (QED) is 0.0923. The molecular formula is C24H32AuI2N4O4-. The summed E-state index contributed by atoms with van der Waals surface area (Å²) in [5.74, 6) is 0. The average Bonchev–Trinajstić information content (AvgIpc) is 3.45. The Labute approximate surface area is 242 Å². The van der Waals surface area contributed by atoms with Crippen LogP contribution in [0.25, 0.3) is 10.8 Å². The summed E-state index contributed by atoms with van der Waals surface area (Å²) in [6, 6.07) is 7.22. The van der Waals surface area contributed by atoms with E-state index in [0.29, 0.717) is 34.6 Å². The Kier molecular flexibility index (Phi) is 13.5. The molecular weight excluding hydrogens is 859 g/mol. The number of hydrogen-bond acceptors (Lipinski definition) is 6. The number of β-amino-alcohol motifs (C(OH)–C–C–N with tert-alkyl or cyclic N) is 2. The van der Waals surface area contributed by atoms with Gasteiger partial charge in [-0.05, 0) is 12.4 Å². The molecule has 2 aliphatic heterocycles. The summed E-state index contributed by atoms with van der Waals surface area (Å²) >= 11 is -0.564. The van der Waals surface area contributed by atoms with Crippen LogP contribution in [0.2, 0.25) is 0 Å². The predicted octanol–water partition coefficient (Wildman–Crippen LogP) is -4.69. The van der Waals surface area contributed by atoms with Gasteiger partial charge in [0.2, 0.25) is 0 Å². The predicted molar refractivity (Wildman–Crippen MR) is 125 cm³/mol. The number of alkyl halides is 2. The molecule has 1 aliphatic carbocycles. The van der Waals surface area contributed by atoms with Crippen LogP contribution in [-0.4, -0.2) is 60.7 Å². The fourth-order valence-corrected chi connectivity index (χ4v) is 8.33. The minimum atomic E-state index is -0.282. The summed E-state index contributed by atoms with van der Waals surface area (Å²) in [4.78, 5) is 29.7. The Hall–Kier alpha value is -0.770. The molecule has 3 aliphatic rings. The molecule has 11 heteroatoms. The normalized spacial score (nSPS) is 13.0. The third-order valence-electron chi connectivity index (χ3n) is 4.97. The molecule has 1 aromatic rings. The second-order valence-corrected chi connectivity index (χ2v) is 13.2. The van der Waals surface area contributed by atoms with Crippen LogP contribution < -0.4 is 53.8 Å². The first-order chi connectivity index (χ1) is 16.5. The molecule has 35 heavy (non-hydrogen) atoms. The molecule has 198 valence electrons. The Morgan fingerprint density at radius 1 is 0.800 bits per heavy atom. The summed E-state index contributed by atoms with van der Waals surface area (Å²) in [6.45, 7) is 7.69. The van der Waals surface area contributed by atoms with Crippen molar-refractivity contribution in [2.75, 3.05) is 35.2 Å². The zero-order chi connectivity index (χ0) is 24.5. The van der Waals surface area contributed by atoms with Gasteiger partial charge in [0.05, 0.1) is 13.2 Å². The summed E-state index contributed by atoms with van der Waals surface area (Å²) in [5, 5.41) is 19.6. The first-order valence-electron chi connectivity index (χ1n) is 11.4. The Morgan fingerprint density at radius 2 is 1.23 bits per heavy atom. The monoisotopic (exact) mass is 891 g/mol. The fraction of sp³-hybridized carbons (Fsp3) is 0.417. The van der Waals surface area contributed by atoms with Crippen molar-refractivity contribution in [2.24, 2.45) is 0 Å². The van der Waals surface area contributed by atoms with E-state index >= 15 is 0 Å². The van der Waals surface area contributed by atoms with Crippen molar-refractivity contribution in [1.29, 1.82) is 0 Å². The van der Waals surface area contributed by atoms with Crippen molar-refractivity contribution in [3.63, 3.8) is 0 Å². The Morgan fingerprint density at radius 3 is 1.60 bits per heavy atom. The van der Waals surface area contributed by atoms with E-state index in [9.17, 15) is 9.59 Å². The van der Waals surface area contributed by atoms with Crippen LogP contribution >= 0.6 is 0 Å². The molecule has 0 radical (unpaired) electrons. The molecule has 0 unspecified atom stereocenters. The summed E-state index contributed by atoms with van der Waals surface area (Å²) < 4.78 is 6.47. The maximum Gasteiger partial charge on any atom is 3.00 e. The first kappa shape index (κ1) is 30.5. The number of benzene rings is 1. The maximum atomic E-state index is 13.0. The standard InChI is InChI=1S/C17H19I2N2O2.C7H13N2O2.Au/c1-3-9-18-20-11-21(19-10-4-2)15-14(20)16(22)12-7-5-6-8-13(12)17(15)23;10-5-3-8-1-2-9(7-8)4-6-11;/h5-8,11H,3-4,9-10H2,1-2H3;1-2,7,10-11H,3-6H2;/q-3;-1;+3. The molecule has 2 N–H and O–H groups in total. The van der Waals surface area contributed by atoms with E-state index in [1.165, 1.54) is 0 Å². The average molecular weight is 891 g/mol. The van der Waals surface area contributed by atoms with Crippen molar-refractivity contribution < 1.29 is 75.6 Å². The number of nitrogens with zero attached hydrogens (tertiary/aromatic N) is 4. The van der Waals surface area contributed by atoms with Crippen molar-refractivity contribution in [2.45, 2.75) is 26.7 Å². The van der Waals surface area contributed by atoms with Gasteiger partial charge in [-0.3, -0.25) is 0 Å². The third kappa shape index (κ3) is 7.62. The third-order valence-corrected chi connectivity index (χ3v) is 11.0. The second kappa shape index (κ2) is 15.5. The molecule has 0 spiro atoms. The number of halogens is 2. The summed E-state index contributed by atoms with van der Waals surface area (Å²) in [7, 11) is 0. The van der Waals surface area contributed by atoms with Gasteiger partial charge in [0, 0.05) is 13.1 Å². The molecule has 0 atom stereocenters. The SMILES string of the molecule is CCC[I-]n1[cH-]n([I-]CCC)c2c(=O)c3ccccc3c(=O)c1=2.OCCN1C=CN(CCO)[CH-]1.[Au+3]. The molecule has 0 fully saturated rings. The molecule has 0 saturated heterocycles. The largest absolute Gasteiger partial charge is 3.00 e. The second-order valence-electron chi connectivity index (χ2n) is 7.59. The maximum absolute atomic E-state index is 13.0. The first-order valence-corrected chi connectivity index (χ1v) is 16.3. The number of hydrogen-bond donors (Lipinski definition) is 2. The van der Waals surface area contributed by atoms with Crippen molar-refractivity contribution in [3.05, 3.63) is 80.8 Å². The number of aliphatic hydroxyl groups is 2. The molecule has 0 aromatic heterocycles. The van der Waals surface area contributed by atoms with E-state index in [-0.39, 0.29) is 89.4 Å². The van der Waals surface area contributed by atoms with Crippen molar-refractivity contribution in [1.82, 2.24) is 15.4 Å². The van der Waals surface area contributed by atoms with E-state index in [0.717, 1.165) is 21.7 Å². The number of aliphatic hydroxyl groups excluding tert-OH is 2. The van der Waals surface area contributed by atoms with Gasteiger partial charge in [-0.1, -0.05) is 0 Å². The van der Waals surface area contributed by atoms with Gasteiger partial charge in [0.15, 0.2) is 0 Å². The molecule has 1 aromatic carbocycles. The van der Waals surface area contributed by atoms with E-state index in [2.05, 4.69) is 25.7 Å². The van der Waals surface area contributed by atoms with Crippen LogP contribution in [0.4, 0.5) is 0 Å². The summed E-state index contributed by atoms with van der Waals surface area (Å²) in [5.41, 5.74) is 0.0375. The van der Waals surface area contributed by atoms with Crippen LogP contribution in [0.5, 0.6) is 0 Å². The molecule has 0 amide bonds. The van der Waals surface area contributed by atoms with Crippen LogP contribution in [0, 0.1) is 17.4 Å². The van der Waals surface area contributed by atoms with Gasteiger partial charge >= 0.3 is 179 Å².